The van der Waals surface area contributed by atoms with Crippen molar-refractivity contribution in [2.75, 3.05) is 20.8 Å². The van der Waals surface area contributed by atoms with Crippen LogP contribution < -0.4 is 0 Å². The topological polar surface area (TPSA) is 47.9 Å². The summed E-state index contributed by atoms with van der Waals surface area (Å²) in [6.07, 6.45) is 0.109. The van der Waals surface area contributed by atoms with Gasteiger partial charge >= 0.3 is 5.97 Å². The van der Waals surface area contributed by atoms with Gasteiger partial charge in [-0.3, -0.25) is 9.79 Å². The van der Waals surface area contributed by atoms with Gasteiger partial charge in [-0.05, 0) is 11.6 Å². The van der Waals surface area contributed by atoms with E-state index in [1.54, 1.807) is 0 Å². The van der Waals surface area contributed by atoms with Crippen molar-refractivity contribution in [3.63, 3.8) is 0 Å². The van der Waals surface area contributed by atoms with Crippen LogP contribution in [0.1, 0.15) is 17.9 Å². The van der Waals surface area contributed by atoms with E-state index >= 15 is 0 Å². The highest BCUT2D eigenvalue weighted by Crippen LogP contribution is 2.35. The first-order valence-electron chi connectivity index (χ1n) is 6.27. The summed E-state index contributed by atoms with van der Waals surface area (Å²) in [7, 11) is 2.60. The fourth-order valence-corrected chi connectivity index (χ4v) is 2.41. The Morgan fingerprint density at radius 2 is 1.86 bits per heavy atom. The molecule has 2 atom stereocenters. The summed E-state index contributed by atoms with van der Waals surface area (Å²) in [6.45, 7) is 0.0406. The maximum Gasteiger partial charge on any atom is 0.311 e. The zero-order chi connectivity index (χ0) is 15.6. The summed E-state index contributed by atoms with van der Waals surface area (Å²) in [4.78, 5) is 15.8. The van der Waals surface area contributed by atoms with Crippen molar-refractivity contribution < 1.29 is 27.4 Å². The van der Waals surface area contributed by atoms with Crippen LogP contribution in [0.4, 0.5) is 13.2 Å². The quantitative estimate of drug-likeness (QED) is 0.622. The molecule has 1 aliphatic rings. The number of benzene rings is 1. The summed E-state index contributed by atoms with van der Waals surface area (Å²) in [5.41, 5.74) is -0.0891. The molecule has 0 saturated heterocycles. The van der Waals surface area contributed by atoms with Gasteiger partial charge in [-0.2, -0.15) is 0 Å². The summed E-state index contributed by atoms with van der Waals surface area (Å²) in [5, 5.41) is 0. The van der Waals surface area contributed by atoms with E-state index in [4.69, 9.17) is 4.74 Å². The van der Waals surface area contributed by atoms with Crippen LogP contribution in [0.2, 0.25) is 0 Å². The van der Waals surface area contributed by atoms with Crippen LogP contribution in [0.15, 0.2) is 17.1 Å². The second-order valence-corrected chi connectivity index (χ2v) is 4.67. The maximum absolute atomic E-state index is 13.9. The molecule has 1 aromatic carbocycles. The van der Waals surface area contributed by atoms with Crippen LogP contribution in [-0.2, 0) is 14.3 Å². The van der Waals surface area contributed by atoms with E-state index in [0.29, 0.717) is 12.0 Å². The van der Waals surface area contributed by atoms with Crippen LogP contribution in [0, 0.1) is 23.4 Å². The number of carbonyl (C=O) groups excluding carboxylic acids is 1. The number of methoxy groups -OCH3 is 2. The summed E-state index contributed by atoms with van der Waals surface area (Å²) < 4.78 is 50.0. The van der Waals surface area contributed by atoms with E-state index in [1.165, 1.54) is 14.2 Å². The molecule has 0 spiro atoms. The number of esters is 1. The standard InChI is InChI=1S/C14H14F3NO3/c1-20-13-4-7(9(6-18-13)14(19)21-2)8-3-11(16)12(17)5-10(8)15/h3,5,7,9H,4,6H2,1-2H3/t7-,9+/m1/s1. The van der Waals surface area contributed by atoms with E-state index in [1.807, 2.05) is 0 Å². The molecule has 0 aromatic heterocycles. The minimum Gasteiger partial charge on any atom is -0.484 e. The third-order valence-corrected chi connectivity index (χ3v) is 3.52. The van der Waals surface area contributed by atoms with Crippen LogP contribution in [0.3, 0.4) is 0 Å². The second-order valence-electron chi connectivity index (χ2n) is 4.67. The normalized spacial score (nSPS) is 21.7. The molecule has 0 fully saturated rings. The Morgan fingerprint density at radius 3 is 2.48 bits per heavy atom. The van der Waals surface area contributed by atoms with Gasteiger partial charge in [0.2, 0.25) is 0 Å². The largest absolute Gasteiger partial charge is 0.484 e. The Kier molecular flexibility index (Phi) is 4.50. The predicted octanol–water partition coefficient (Wildman–Crippen LogP) is 2.43. The highest BCUT2D eigenvalue weighted by molar-refractivity contribution is 5.82. The Bertz CT molecular complexity index is 589. The van der Waals surface area contributed by atoms with Crippen LogP contribution in [0.25, 0.3) is 0 Å². The zero-order valence-electron chi connectivity index (χ0n) is 11.5. The molecule has 0 amide bonds. The van der Waals surface area contributed by atoms with Crippen molar-refractivity contribution in [2.24, 2.45) is 10.9 Å². The van der Waals surface area contributed by atoms with Crippen molar-refractivity contribution >= 4 is 11.9 Å². The third-order valence-electron chi connectivity index (χ3n) is 3.52. The molecule has 1 aromatic rings. The lowest BCUT2D eigenvalue weighted by Crippen LogP contribution is -2.33. The molecule has 4 nitrogen and oxygen atoms in total. The van der Waals surface area contributed by atoms with E-state index in [9.17, 15) is 18.0 Å². The SMILES string of the molecule is COC(=O)[C@H]1CN=C(OC)C[C@@H]1c1cc(F)c(F)cc1F. The predicted molar refractivity (Wildman–Crippen MR) is 68.5 cm³/mol. The lowest BCUT2D eigenvalue weighted by Gasteiger charge is -2.28. The molecule has 7 heteroatoms. The van der Waals surface area contributed by atoms with Crippen molar-refractivity contribution in [1.82, 2.24) is 0 Å². The van der Waals surface area contributed by atoms with Crippen LogP contribution in [0.5, 0.6) is 0 Å². The number of aliphatic imine (C=N–C) groups is 1. The smallest absolute Gasteiger partial charge is 0.311 e. The molecule has 0 bridgehead atoms. The first-order valence-corrected chi connectivity index (χ1v) is 6.27. The first kappa shape index (κ1) is 15.3. The minimum atomic E-state index is -1.28. The number of hydrogen-bond donors (Lipinski definition) is 0. The first-order chi connectivity index (χ1) is 9.97. The monoisotopic (exact) mass is 301 g/mol. The Balaban J connectivity index is 2.44. The van der Waals surface area contributed by atoms with Crippen molar-refractivity contribution in [1.29, 1.82) is 0 Å². The Labute approximate surface area is 119 Å². The minimum absolute atomic E-state index is 0.0406. The number of carbonyl (C=O) groups is 1. The fourth-order valence-electron chi connectivity index (χ4n) is 2.41. The van der Waals surface area contributed by atoms with Crippen LogP contribution in [-0.4, -0.2) is 32.6 Å². The van der Waals surface area contributed by atoms with E-state index < -0.39 is 35.3 Å². The van der Waals surface area contributed by atoms with E-state index in [2.05, 4.69) is 9.73 Å². The van der Waals surface area contributed by atoms with Gasteiger partial charge in [0, 0.05) is 18.4 Å². The Morgan fingerprint density at radius 1 is 1.19 bits per heavy atom. The van der Waals surface area contributed by atoms with Crippen molar-refractivity contribution in [3.8, 4) is 0 Å². The van der Waals surface area contributed by atoms with Crippen molar-refractivity contribution in [2.45, 2.75) is 12.3 Å². The lowest BCUT2D eigenvalue weighted by atomic mass is 9.81. The molecule has 0 unspecified atom stereocenters. The van der Waals surface area contributed by atoms with Gasteiger partial charge < -0.3 is 9.47 Å². The molecule has 114 valence electrons. The van der Waals surface area contributed by atoms with Crippen LogP contribution >= 0.6 is 0 Å². The van der Waals surface area contributed by atoms with Gasteiger partial charge in [-0.15, -0.1) is 0 Å². The van der Waals surface area contributed by atoms with Crippen molar-refractivity contribution in [3.05, 3.63) is 35.1 Å². The maximum atomic E-state index is 13.9. The van der Waals surface area contributed by atoms with Gasteiger partial charge in [-0.25, -0.2) is 13.2 Å². The summed E-state index contributed by atoms with van der Waals surface area (Å²) in [6, 6.07) is 1.24. The lowest BCUT2D eigenvalue weighted by molar-refractivity contribution is -0.146. The molecular weight excluding hydrogens is 287 g/mol. The van der Waals surface area contributed by atoms with Gasteiger partial charge in [0.1, 0.15) is 5.82 Å². The number of hydrogen-bond acceptors (Lipinski definition) is 4. The van der Waals surface area contributed by atoms with Gasteiger partial charge in [0.25, 0.3) is 0 Å². The number of rotatable bonds is 2. The summed E-state index contributed by atoms with van der Waals surface area (Å²) in [5.74, 6) is -5.11. The number of nitrogens with zero attached hydrogens (tertiary/aromatic N) is 1. The summed E-state index contributed by atoms with van der Waals surface area (Å²) >= 11 is 0. The second kappa shape index (κ2) is 6.15. The molecule has 1 aliphatic heterocycles. The molecule has 0 aliphatic carbocycles. The molecule has 0 radical (unpaired) electrons. The van der Waals surface area contributed by atoms with E-state index in [-0.39, 0.29) is 18.5 Å². The average molecular weight is 301 g/mol. The van der Waals surface area contributed by atoms with Gasteiger partial charge in [0.05, 0.1) is 26.7 Å². The van der Waals surface area contributed by atoms with Gasteiger partial charge in [-0.1, -0.05) is 0 Å². The zero-order valence-corrected chi connectivity index (χ0v) is 11.5. The molecule has 21 heavy (non-hydrogen) atoms. The number of ether oxygens (including phenoxy) is 2. The highest BCUT2D eigenvalue weighted by atomic mass is 19.2. The van der Waals surface area contributed by atoms with E-state index in [0.717, 1.165) is 6.07 Å². The highest BCUT2D eigenvalue weighted by Gasteiger charge is 2.36. The molecule has 0 saturated carbocycles. The third kappa shape index (κ3) is 3.01. The van der Waals surface area contributed by atoms with Gasteiger partial charge in [0.15, 0.2) is 17.5 Å². The molecule has 1 heterocycles. The fraction of sp³-hybridized carbons (Fsp3) is 0.429. The molecular formula is C14H14F3NO3. The number of halogens is 3. The Hall–Kier alpha value is -2.05. The molecule has 0 N–H and O–H groups in total. The average Bonchev–Trinajstić information content (AvgIpc) is 2.49. The molecule has 2 rings (SSSR count).